The molecule has 0 aromatic carbocycles. The number of aromatic nitrogens is 1. The van der Waals surface area contributed by atoms with Gasteiger partial charge in [-0.1, -0.05) is 33.6 Å². The van der Waals surface area contributed by atoms with Crippen LogP contribution in [0.3, 0.4) is 0 Å². The first-order valence-corrected chi connectivity index (χ1v) is 7.11. The van der Waals surface area contributed by atoms with Crippen LogP contribution in [0.2, 0.25) is 0 Å². The summed E-state index contributed by atoms with van der Waals surface area (Å²) in [6, 6.07) is 3.66. The molecular weight excluding hydrogens is 238 g/mol. The maximum absolute atomic E-state index is 11.8. The Morgan fingerprint density at radius 2 is 2.11 bits per heavy atom. The summed E-state index contributed by atoms with van der Waals surface area (Å²) in [4.78, 5) is 16.1. The second-order valence-electron chi connectivity index (χ2n) is 5.17. The monoisotopic (exact) mass is 263 g/mol. The number of nitrogens with one attached hydrogen (secondary N) is 2. The molecule has 0 spiro atoms. The Balaban J connectivity index is 2.40. The van der Waals surface area contributed by atoms with Crippen molar-refractivity contribution in [3.8, 4) is 0 Å². The van der Waals surface area contributed by atoms with Crippen LogP contribution in [0.15, 0.2) is 18.3 Å². The zero-order valence-electron chi connectivity index (χ0n) is 12.2. The van der Waals surface area contributed by atoms with Crippen LogP contribution in [0, 0.1) is 5.92 Å². The standard InChI is InChI=1S/C15H25N3O/c1-4-5-6-9-16-15(19)13-7-8-14(18-11-13)17-10-12(2)3/h7-8,11-12H,4-6,9-10H2,1-3H3,(H,16,19)(H,17,18). The van der Waals surface area contributed by atoms with E-state index in [1.54, 1.807) is 6.20 Å². The Morgan fingerprint density at radius 1 is 1.32 bits per heavy atom. The minimum absolute atomic E-state index is 0.0426. The van der Waals surface area contributed by atoms with E-state index in [0.29, 0.717) is 11.5 Å². The Hall–Kier alpha value is -1.58. The van der Waals surface area contributed by atoms with Gasteiger partial charge < -0.3 is 10.6 Å². The molecule has 2 N–H and O–H groups in total. The summed E-state index contributed by atoms with van der Waals surface area (Å²) in [7, 11) is 0. The van der Waals surface area contributed by atoms with Crippen LogP contribution in [-0.4, -0.2) is 24.0 Å². The van der Waals surface area contributed by atoms with Crippen molar-refractivity contribution < 1.29 is 4.79 Å². The van der Waals surface area contributed by atoms with Gasteiger partial charge in [0.2, 0.25) is 0 Å². The lowest BCUT2D eigenvalue weighted by Gasteiger charge is -2.09. The van der Waals surface area contributed by atoms with Crippen molar-refractivity contribution >= 4 is 11.7 Å². The molecule has 0 unspecified atom stereocenters. The number of pyridine rings is 1. The van der Waals surface area contributed by atoms with Crippen molar-refractivity contribution in [1.29, 1.82) is 0 Å². The lowest BCUT2D eigenvalue weighted by Crippen LogP contribution is -2.24. The first kappa shape index (κ1) is 15.5. The van der Waals surface area contributed by atoms with Gasteiger partial charge in [0.15, 0.2) is 0 Å². The molecule has 4 nitrogen and oxygen atoms in total. The van der Waals surface area contributed by atoms with Gasteiger partial charge in [-0.3, -0.25) is 4.79 Å². The number of nitrogens with zero attached hydrogens (tertiary/aromatic N) is 1. The van der Waals surface area contributed by atoms with Crippen molar-refractivity contribution in [2.45, 2.75) is 40.0 Å². The zero-order chi connectivity index (χ0) is 14.1. The predicted octanol–water partition coefficient (Wildman–Crippen LogP) is 3.07. The fourth-order valence-corrected chi connectivity index (χ4v) is 1.62. The van der Waals surface area contributed by atoms with Gasteiger partial charge in [-0.2, -0.15) is 0 Å². The summed E-state index contributed by atoms with van der Waals surface area (Å²) in [6.45, 7) is 8.06. The Morgan fingerprint density at radius 3 is 2.68 bits per heavy atom. The van der Waals surface area contributed by atoms with E-state index in [0.717, 1.165) is 38.2 Å². The van der Waals surface area contributed by atoms with Crippen molar-refractivity contribution in [2.75, 3.05) is 18.4 Å². The van der Waals surface area contributed by atoms with Crippen LogP contribution < -0.4 is 10.6 Å². The molecule has 19 heavy (non-hydrogen) atoms. The molecule has 106 valence electrons. The molecule has 0 atom stereocenters. The van der Waals surface area contributed by atoms with Gasteiger partial charge in [-0.25, -0.2) is 4.98 Å². The van der Waals surface area contributed by atoms with E-state index < -0.39 is 0 Å². The molecule has 0 saturated carbocycles. The summed E-state index contributed by atoms with van der Waals surface area (Å²) in [5.41, 5.74) is 0.617. The number of hydrogen-bond acceptors (Lipinski definition) is 3. The smallest absolute Gasteiger partial charge is 0.252 e. The number of rotatable bonds is 8. The highest BCUT2D eigenvalue weighted by atomic mass is 16.1. The first-order chi connectivity index (χ1) is 9.13. The van der Waals surface area contributed by atoms with Crippen LogP contribution in [0.1, 0.15) is 50.4 Å². The van der Waals surface area contributed by atoms with E-state index in [2.05, 4.69) is 36.4 Å². The molecule has 1 aromatic rings. The third-order valence-corrected chi connectivity index (χ3v) is 2.78. The molecule has 1 aromatic heterocycles. The minimum atomic E-state index is -0.0426. The van der Waals surface area contributed by atoms with Crippen LogP contribution in [0.5, 0.6) is 0 Å². The van der Waals surface area contributed by atoms with Crippen LogP contribution in [0.4, 0.5) is 5.82 Å². The minimum Gasteiger partial charge on any atom is -0.370 e. The number of anilines is 1. The van der Waals surface area contributed by atoms with Gasteiger partial charge in [-0.05, 0) is 24.5 Å². The SMILES string of the molecule is CCCCCNC(=O)c1ccc(NCC(C)C)nc1. The third kappa shape index (κ3) is 6.22. The molecule has 0 bridgehead atoms. The van der Waals surface area contributed by atoms with E-state index in [-0.39, 0.29) is 5.91 Å². The predicted molar refractivity (Wildman–Crippen MR) is 79.4 cm³/mol. The van der Waals surface area contributed by atoms with Gasteiger partial charge in [0.25, 0.3) is 5.91 Å². The van der Waals surface area contributed by atoms with Crippen LogP contribution >= 0.6 is 0 Å². The molecule has 1 rings (SSSR count). The second-order valence-corrected chi connectivity index (χ2v) is 5.17. The van der Waals surface area contributed by atoms with E-state index >= 15 is 0 Å². The number of amides is 1. The number of unbranched alkanes of at least 4 members (excludes halogenated alkanes) is 2. The summed E-state index contributed by atoms with van der Waals surface area (Å²) in [5, 5.41) is 6.13. The lowest BCUT2D eigenvalue weighted by molar-refractivity contribution is 0.0952. The lowest BCUT2D eigenvalue weighted by atomic mass is 10.2. The second kappa shape index (κ2) is 8.51. The number of carbonyl (C=O) groups excluding carboxylic acids is 1. The summed E-state index contributed by atoms with van der Waals surface area (Å²) < 4.78 is 0. The van der Waals surface area contributed by atoms with Gasteiger partial charge in [0, 0.05) is 19.3 Å². The maximum atomic E-state index is 11.8. The molecule has 0 aliphatic heterocycles. The van der Waals surface area contributed by atoms with Crippen LogP contribution in [-0.2, 0) is 0 Å². The van der Waals surface area contributed by atoms with Gasteiger partial charge in [0.1, 0.15) is 5.82 Å². The Kier molecular flexibility index (Phi) is 6.93. The molecule has 1 amide bonds. The van der Waals surface area contributed by atoms with Crippen molar-refractivity contribution in [2.24, 2.45) is 5.92 Å². The zero-order valence-corrected chi connectivity index (χ0v) is 12.2. The topological polar surface area (TPSA) is 54.0 Å². The van der Waals surface area contributed by atoms with E-state index in [1.807, 2.05) is 12.1 Å². The summed E-state index contributed by atoms with van der Waals surface area (Å²) in [5.74, 6) is 1.35. The average molecular weight is 263 g/mol. The maximum Gasteiger partial charge on any atom is 0.252 e. The number of hydrogen-bond donors (Lipinski definition) is 2. The Labute approximate surface area is 116 Å². The average Bonchev–Trinajstić information content (AvgIpc) is 2.41. The normalized spacial score (nSPS) is 10.5. The van der Waals surface area contributed by atoms with E-state index in [1.165, 1.54) is 0 Å². The van der Waals surface area contributed by atoms with Gasteiger partial charge >= 0.3 is 0 Å². The highest BCUT2D eigenvalue weighted by molar-refractivity contribution is 5.93. The van der Waals surface area contributed by atoms with Crippen LogP contribution in [0.25, 0.3) is 0 Å². The largest absolute Gasteiger partial charge is 0.370 e. The molecule has 4 heteroatoms. The van der Waals surface area contributed by atoms with Crippen molar-refractivity contribution in [3.63, 3.8) is 0 Å². The fourth-order valence-electron chi connectivity index (χ4n) is 1.62. The quantitative estimate of drug-likeness (QED) is 0.709. The molecule has 0 aliphatic carbocycles. The molecule has 1 heterocycles. The molecule has 0 fully saturated rings. The molecule has 0 aliphatic rings. The van der Waals surface area contributed by atoms with E-state index in [9.17, 15) is 4.79 Å². The summed E-state index contributed by atoms with van der Waals surface area (Å²) in [6.07, 6.45) is 4.96. The Bertz CT molecular complexity index is 373. The van der Waals surface area contributed by atoms with Gasteiger partial charge in [0.05, 0.1) is 5.56 Å². The first-order valence-electron chi connectivity index (χ1n) is 7.11. The highest BCUT2D eigenvalue weighted by Gasteiger charge is 2.05. The molecule has 0 radical (unpaired) electrons. The number of carbonyl (C=O) groups is 1. The van der Waals surface area contributed by atoms with Crippen molar-refractivity contribution in [3.05, 3.63) is 23.9 Å². The van der Waals surface area contributed by atoms with E-state index in [4.69, 9.17) is 0 Å². The third-order valence-electron chi connectivity index (χ3n) is 2.78. The summed E-state index contributed by atoms with van der Waals surface area (Å²) >= 11 is 0. The molecule has 0 saturated heterocycles. The fraction of sp³-hybridized carbons (Fsp3) is 0.600. The van der Waals surface area contributed by atoms with Crippen molar-refractivity contribution in [1.82, 2.24) is 10.3 Å². The molecular formula is C15H25N3O. The highest BCUT2D eigenvalue weighted by Crippen LogP contribution is 2.06. The van der Waals surface area contributed by atoms with Gasteiger partial charge in [-0.15, -0.1) is 0 Å².